The lowest BCUT2D eigenvalue weighted by Crippen LogP contribution is -1.97. The van der Waals surface area contributed by atoms with Gasteiger partial charge in [-0.25, -0.2) is 4.98 Å². The van der Waals surface area contributed by atoms with Gasteiger partial charge in [-0.3, -0.25) is 4.57 Å². The van der Waals surface area contributed by atoms with Crippen LogP contribution in [-0.2, 0) is 0 Å². The van der Waals surface area contributed by atoms with E-state index >= 15 is 0 Å². The molecule has 0 amide bonds. The van der Waals surface area contributed by atoms with E-state index in [1.165, 1.54) is 5.39 Å². The van der Waals surface area contributed by atoms with Crippen LogP contribution >= 0.6 is 15.9 Å². The highest BCUT2D eigenvalue weighted by Gasteiger charge is 2.16. The molecule has 0 saturated carbocycles. The summed E-state index contributed by atoms with van der Waals surface area (Å²) in [6.45, 7) is 0. The molecule has 0 atom stereocenters. The van der Waals surface area contributed by atoms with Crippen LogP contribution in [0.25, 0.3) is 38.9 Å². The van der Waals surface area contributed by atoms with Gasteiger partial charge >= 0.3 is 0 Å². The Hall–Kier alpha value is -3.42. The SMILES string of the molecule is N#Cc1ccc(-n2c(-c3ccc(Br)cc3)nc3c4ccccc4ccc32)cc1. The van der Waals surface area contributed by atoms with Gasteiger partial charge in [-0.2, -0.15) is 5.26 Å². The van der Waals surface area contributed by atoms with E-state index in [1.54, 1.807) is 0 Å². The van der Waals surface area contributed by atoms with Crippen LogP contribution in [-0.4, -0.2) is 9.55 Å². The highest BCUT2D eigenvalue weighted by molar-refractivity contribution is 9.10. The molecule has 0 bridgehead atoms. The molecule has 0 saturated heterocycles. The van der Waals surface area contributed by atoms with E-state index in [4.69, 9.17) is 10.2 Å². The Labute approximate surface area is 170 Å². The summed E-state index contributed by atoms with van der Waals surface area (Å²) in [7, 11) is 0. The number of hydrogen-bond acceptors (Lipinski definition) is 2. The van der Waals surface area contributed by atoms with Crippen LogP contribution in [0, 0.1) is 11.3 Å². The molecule has 4 heteroatoms. The van der Waals surface area contributed by atoms with Crippen molar-refractivity contribution in [1.29, 1.82) is 5.26 Å². The molecular formula is C24H14BrN3. The second-order valence-electron chi connectivity index (χ2n) is 6.59. The van der Waals surface area contributed by atoms with E-state index in [9.17, 15) is 0 Å². The lowest BCUT2D eigenvalue weighted by atomic mass is 10.1. The molecule has 5 rings (SSSR count). The normalized spacial score (nSPS) is 11.0. The van der Waals surface area contributed by atoms with Gasteiger partial charge in [0.1, 0.15) is 5.82 Å². The molecule has 5 aromatic rings. The van der Waals surface area contributed by atoms with Crippen molar-refractivity contribution in [3.63, 3.8) is 0 Å². The minimum atomic E-state index is 0.642. The Morgan fingerprint density at radius 3 is 2.32 bits per heavy atom. The lowest BCUT2D eigenvalue weighted by molar-refractivity contribution is 1.10. The molecule has 0 aliphatic heterocycles. The van der Waals surface area contributed by atoms with Crippen molar-refractivity contribution < 1.29 is 0 Å². The van der Waals surface area contributed by atoms with Crippen LogP contribution in [0.15, 0.2) is 89.4 Å². The number of nitrogens with zero attached hydrogens (tertiary/aromatic N) is 3. The number of imidazole rings is 1. The largest absolute Gasteiger partial charge is 0.292 e. The second kappa shape index (κ2) is 6.63. The standard InChI is InChI=1S/C24H14BrN3/c25-19-10-7-18(8-11-19)24-27-23-21-4-2-1-3-17(21)9-14-22(23)28(24)20-12-5-16(15-26)6-13-20/h1-14H. The predicted octanol–water partition coefficient (Wildman–Crippen LogP) is 6.48. The molecule has 1 aromatic heterocycles. The van der Waals surface area contributed by atoms with E-state index in [1.807, 2.05) is 48.5 Å². The number of aromatic nitrogens is 2. The summed E-state index contributed by atoms with van der Waals surface area (Å²) in [6.07, 6.45) is 0. The number of hydrogen-bond donors (Lipinski definition) is 0. The van der Waals surface area contributed by atoms with Crippen molar-refractivity contribution in [2.45, 2.75) is 0 Å². The van der Waals surface area contributed by atoms with Crippen molar-refractivity contribution in [1.82, 2.24) is 9.55 Å². The van der Waals surface area contributed by atoms with Crippen molar-refractivity contribution >= 4 is 37.7 Å². The lowest BCUT2D eigenvalue weighted by Gasteiger charge is -2.10. The molecule has 0 N–H and O–H groups in total. The summed E-state index contributed by atoms with van der Waals surface area (Å²) < 4.78 is 3.19. The van der Waals surface area contributed by atoms with Gasteiger partial charge in [0, 0.05) is 21.1 Å². The van der Waals surface area contributed by atoms with E-state index in [0.29, 0.717) is 5.56 Å². The molecule has 0 aliphatic rings. The van der Waals surface area contributed by atoms with Crippen molar-refractivity contribution in [3.05, 3.63) is 95.0 Å². The fraction of sp³-hybridized carbons (Fsp3) is 0. The fourth-order valence-corrected chi connectivity index (χ4v) is 3.81. The Morgan fingerprint density at radius 2 is 1.57 bits per heavy atom. The Balaban J connectivity index is 1.86. The molecule has 0 unspecified atom stereocenters. The fourth-order valence-electron chi connectivity index (χ4n) is 3.55. The van der Waals surface area contributed by atoms with E-state index in [0.717, 1.165) is 38.0 Å². The predicted molar refractivity (Wildman–Crippen MR) is 116 cm³/mol. The van der Waals surface area contributed by atoms with Crippen LogP contribution in [0.4, 0.5) is 0 Å². The molecule has 28 heavy (non-hydrogen) atoms. The highest BCUT2D eigenvalue weighted by atomic mass is 79.9. The summed E-state index contributed by atoms with van der Waals surface area (Å²) in [5.74, 6) is 0.878. The third kappa shape index (κ3) is 2.69. The summed E-state index contributed by atoms with van der Waals surface area (Å²) in [4.78, 5) is 5.04. The van der Waals surface area contributed by atoms with Gasteiger partial charge in [0.2, 0.25) is 0 Å². The van der Waals surface area contributed by atoms with Crippen molar-refractivity contribution in [2.75, 3.05) is 0 Å². The topological polar surface area (TPSA) is 41.6 Å². The third-order valence-corrected chi connectivity index (χ3v) is 5.44. The van der Waals surface area contributed by atoms with Crippen LogP contribution in [0.3, 0.4) is 0 Å². The van der Waals surface area contributed by atoms with E-state index in [2.05, 4.69) is 63.0 Å². The monoisotopic (exact) mass is 423 g/mol. The zero-order valence-corrected chi connectivity index (χ0v) is 16.4. The molecule has 0 spiro atoms. The quantitative estimate of drug-likeness (QED) is 0.326. The molecule has 0 radical (unpaired) electrons. The average Bonchev–Trinajstić information content (AvgIpc) is 3.14. The van der Waals surface area contributed by atoms with Crippen LogP contribution < -0.4 is 0 Å². The third-order valence-electron chi connectivity index (χ3n) is 4.91. The smallest absolute Gasteiger partial charge is 0.145 e. The first-order chi connectivity index (χ1) is 13.7. The van der Waals surface area contributed by atoms with Crippen molar-refractivity contribution in [3.8, 4) is 23.1 Å². The Morgan fingerprint density at radius 1 is 0.821 bits per heavy atom. The molecule has 0 aliphatic carbocycles. The van der Waals surface area contributed by atoms with Crippen LogP contribution in [0.2, 0.25) is 0 Å². The molecular weight excluding hydrogens is 410 g/mol. The summed E-state index contributed by atoms with van der Waals surface area (Å²) in [6, 6.07) is 30.5. The number of rotatable bonds is 2. The molecule has 1 heterocycles. The van der Waals surface area contributed by atoms with E-state index in [-0.39, 0.29) is 0 Å². The first kappa shape index (κ1) is 16.7. The maximum absolute atomic E-state index is 9.13. The number of fused-ring (bicyclic) bond motifs is 3. The van der Waals surface area contributed by atoms with Gasteiger partial charge in [0.15, 0.2) is 0 Å². The van der Waals surface area contributed by atoms with E-state index < -0.39 is 0 Å². The first-order valence-corrected chi connectivity index (χ1v) is 9.70. The highest BCUT2D eigenvalue weighted by Crippen LogP contribution is 2.33. The molecule has 4 aromatic carbocycles. The summed E-state index contributed by atoms with van der Waals surface area (Å²) in [5.41, 5.74) is 4.67. The zero-order chi connectivity index (χ0) is 19.1. The minimum Gasteiger partial charge on any atom is -0.292 e. The Bertz CT molecular complexity index is 1360. The van der Waals surface area contributed by atoms with Gasteiger partial charge in [-0.15, -0.1) is 0 Å². The molecule has 0 fully saturated rings. The molecule has 132 valence electrons. The molecule has 3 nitrogen and oxygen atoms in total. The zero-order valence-electron chi connectivity index (χ0n) is 14.8. The van der Waals surface area contributed by atoms with Gasteiger partial charge < -0.3 is 0 Å². The maximum Gasteiger partial charge on any atom is 0.145 e. The maximum atomic E-state index is 9.13. The van der Waals surface area contributed by atoms with Gasteiger partial charge in [0.25, 0.3) is 0 Å². The van der Waals surface area contributed by atoms with Gasteiger partial charge in [-0.05, 0) is 47.9 Å². The van der Waals surface area contributed by atoms with Crippen LogP contribution in [0.1, 0.15) is 5.56 Å². The van der Waals surface area contributed by atoms with Crippen molar-refractivity contribution in [2.24, 2.45) is 0 Å². The second-order valence-corrected chi connectivity index (χ2v) is 7.51. The summed E-state index contributed by atoms with van der Waals surface area (Å²) in [5, 5.41) is 11.4. The first-order valence-electron chi connectivity index (χ1n) is 8.91. The Kier molecular flexibility index (Phi) is 3.96. The number of nitriles is 1. The van der Waals surface area contributed by atoms with Gasteiger partial charge in [-0.1, -0.05) is 58.4 Å². The number of benzene rings is 4. The summed E-state index contributed by atoms with van der Waals surface area (Å²) >= 11 is 3.51. The average molecular weight is 424 g/mol. The minimum absolute atomic E-state index is 0.642. The van der Waals surface area contributed by atoms with Crippen LogP contribution in [0.5, 0.6) is 0 Å². The van der Waals surface area contributed by atoms with Gasteiger partial charge in [0.05, 0.1) is 22.7 Å². The number of halogens is 1.